The minimum Gasteiger partial charge on any atom is -0.459 e. The fraction of sp³-hybridized carbons (Fsp3) is 0.579. The van der Waals surface area contributed by atoms with E-state index >= 15 is 0 Å². The molecular weight excluding hydrogens is 290 g/mol. The first-order chi connectivity index (χ1) is 10.8. The number of rotatable bonds is 4. The van der Waals surface area contributed by atoms with Gasteiger partial charge in [-0.15, -0.1) is 0 Å². The number of hydrogen-bond donors (Lipinski definition) is 1. The Kier molecular flexibility index (Phi) is 5.12. The average molecular weight is 317 g/mol. The van der Waals surface area contributed by atoms with Crippen molar-refractivity contribution in [1.82, 2.24) is 5.32 Å². The van der Waals surface area contributed by atoms with Gasteiger partial charge in [0.25, 0.3) is 0 Å². The van der Waals surface area contributed by atoms with Crippen molar-refractivity contribution in [2.45, 2.75) is 58.0 Å². The van der Waals surface area contributed by atoms with Gasteiger partial charge in [-0.25, -0.2) is 0 Å². The minimum absolute atomic E-state index is 0.0558. The van der Waals surface area contributed by atoms with E-state index in [9.17, 15) is 9.59 Å². The number of nitrogens with one attached hydrogen (secondary N) is 1. The normalized spacial score (nSPS) is 24.3. The Morgan fingerprint density at radius 3 is 2.48 bits per heavy atom. The molecule has 4 heteroatoms. The summed E-state index contributed by atoms with van der Waals surface area (Å²) in [4.78, 5) is 25.7. The summed E-state index contributed by atoms with van der Waals surface area (Å²) in [5, 5.41) is 2.88. The maximum absolute atomic E-state index is 13.1. The van der Waals surface area contributed by atoms with Crippen LogP contribution >= 0.6 is 0 Å². The van der Waals surface area contributed by atoms with E-state index in [-0.39, 0.29) is 17.8 Å². The molecule has 0 spiro atoms. The second kappa shape index (κ2) is 6.73. The molecule has 2 rings (SSSR count). The first-order valence-corrected chi connectivity index (χ1v) is 8.38. The van der Waals surface area contributed by atoms with E-state index in [1.54, 1.807) is 0 Å². The quantitative estimate of drug-likeness (QED) is 0.868. The lowest BCUT2D eigenvalue weighted by Gasteiger charge is -2.35. The number of carbonyl (C=O) groups excluding carboxylic acids is 2. The molecule has 0 radical (unpaired) electrons. The van der Waals surface area contributed by atoms with Crippen LogP contribution in [0.25, 0.3) is 0 Å². The van der Waals surface area contributed by atoms with Crippen LogP contribution in [0.15, 0.2) is 30.3 Å². The third kappa shape index (κ3) is 3.57. The zero-order valence-corrected chi connectivity index (χ0v) is 14.5. The van der Waals surface area contributed by atoms with Crippen LogP contribution in [-0.2, 0) is 19.7 Å². The molecule has 0 heterocycles. The number of carbonyl (C=O) groups is 2. The van der Waals surface area contributed by atoms with Crippen LogP contribution in [-0.4, -0.2) is 24.0 Å². The van der Waals surface area contributed by atoms with Gasteiger partial charge in [0.15, 0.2) is 0 Å². The molecule has 1 N–H and O–H groups in total. The van der Waals surface area contributed by atoms with Gasteiger partial charge in [-0.1, -0.05) is 36.8 Å². The van der Waals surface area contributed by atoms with E-state index in [4.69, 9.17) is 4.74 Å². The highest BCUT2D eigenvalue weighted by Gasteiger charge is 2.55. The number of hydrogen-bond acceptors (Lipinski definition) is 3. The minimum atomic E-state index is -0.881. The predicted octanol–water partition coefficient (Wildman–Crippen LogP) is 3.20. The SMILES string of the molecule is CCNC(=O)C1CCCC1(C(=O)OC(C)(C)C)c1ccccc1. The third-order valence-corrected chi connectivity index (χ3v) is 4.38. The predicted molar refractivity (Wildman–Crippen MR) is 90.0 cm³/mol. The Bertz CT molecular complexity index is 562. The number of amides is 1. The maximum Gasteiger partial charge on any atom is 0.317 e. The molecule has 1 fully saturated rings. The van der Waals surface area contributed by atoms with Gasteiger partial charge in [-0.05, 0) is 46.1 Å². The lowest BCUT2D eigenvalue weighted by molar-refractivity contribution is -0.165. The highest BCUT2D eigenvalue weighted by molar-refractivity contribution is 5.93. The summed E-state index contributed by atoms with van der Waals surface area (Å²) in [5.74, 6) is -0.718. The van der Waals surface area contributed by atoms with E-state index in [0.717, 1.165) is 12.0 Å². The van der Waals surface area contributed by atoms with Crippen molar-refractivity contribution in [2.24, 2.45) is 5.92 Å². The van der Waals surface area contributed by atoms with Crippen molar-refractivity contribution in [3.63, 3.8) is 0 Å². The fourth-order valence-electron chi connectivity index (χ4n) is 3.47. The van der Waals surface area contributed by atoms with Gasteiger partial charge in [-0.3, -0.25) is 9.59 Å². The van der Waals surface area contributed by atoms with E-state index in [0.29, 0.717) is 19.4 Å². The first kappa shape index (κ1) is 17.5. The second-order valence-corrected chi connectivity index (χ2v) is 7.18. The highest BCUT2D eigenvalue weighted by Crippen LogP contribution is 2.47. The monoisotopic (exact) mass is 317 g/mol. The maximum atomic E-state index is 13.1. The molecule has 1 aliphatic carbocycles. The molecule has 23 heavy (non-hydrogen) atoms. The van der Waals surface area contributed by atoms with Gasteiger partial charge < -0.3 is 10.1 Å². The molecule has 1 aromatic rings. The van der Waals surface area contributed by atoms with Crippen LogP contribution < -0.4 is 5.32 Å². The van der Waals surface area contributed by atoms with Crippen LogP contribution in [0.4, 0.5) is 0 Å². The number of benzene rings is 1. The second-order valence-electron chi connectivity index (χ2n) is 7.18. The van der Waals surface area contributed by atoms with Gasteiger partial charge >= 0.3 is 5.97 Å². The van der Waals surface area contributed by atoms with Crippen LogP contribution in [0.1, 0.15) is 52.5 Å². The summed E-state index contributed by atoms with van der Waals surface area (Å²) in [6.07, 6.45) is 2.20. The molecule has 0 bridgehead atoms. The first-order valence-electron chi connectivity index (χ1n) is 8.38. The molecule has 2 atom stereocenters. The molecule has 0 saturated heterocycles. The van der Waals surface area contributed by atoms with Gasteiger partial charge in [-0.2, -0.15) is 0 Å². The molecule has 0 aliphatic heterocycles. The summed E-state index contributed by atoms with van der Waals surface area (Å²) in [6.45, 7) is 8.04. The summed E-state index contributed by atoms with van der Waals surface area (Å²) in [7, 11) is 0. The van der Waals surface area contributed by atoms with E-state index in [2.05, 4.69) is 5.32 Å². The van der Waals surface area contributed by atoms with Gasteiger partial charge in [0.2, 0.25) is 5.91 Å². The van der Waals surface area contributed by atoms with Crippen molar-refractivity contribution >= 4 is 11.9 Å². The van der Waals surface area contributed by atoms with Gasteiger partial charge in [0, 0.05) is 6.54 Å². The van der Waals surface area contributed by atoms with Crippen LogP contribution in [0.3, 0.4) is 0 Å². The summed E-state index contributed by atoms with van der Waals surface area (Å²) >= 11 is 0. The largest absolute Gasteiger partial charge is 0.459 e. The standard InChI is InChI=1S/C19H27NO3/c1-5-20-16(21)15-12-9-13-19(15,14-10-7-6-8-11-14)17(22)23-18(2,3)4/h6-8,10-11,15H,5,9,12-13H2,1-4H3,(H,20,21). The summed E-state index contributed by atoms with van der Waals surface area (Å²) < 4.78 is 5.72. The molecule has 1 aliphatic rings. The van der Waals surface area contributed by atoms with Gasteiger partial charge in [0.1, 0.15) is 11.0 Å². The van der Waals surface area contributed by atoms with Crippen molar-refractivity contribution < 1.29 is 14.3 Å². The Morgan fingerprint density at radius 2 is 1.91 bits per heavy atom. The van der Waals surface area contributed by atoms with Crippen LogP contribution in [0.5, 0.6) is 0 Å². The molecule has 1 aromatic carbocycles. The van der Waals surface area contributed by atoms with E-state index in [1.165, 1.54) is 0 Å². The number of ether oxygens (including phenoxy) is 1. The third-order valence-electron chi connectivity index (χ3n) is 4.38. The fourth-order valence-corrected chi connectivity index (χ4v) is 3.47. The molecule has 1 saturated carbocycles. The number of esters is 1. The van der Waals surface area contributed by atoms with Gasteiger partial charge in [0.05, 0.1) is 5.92 Å². The summed E-state index contributed by atoms with van der Waals surface area (Å²) in [6, 6.07) is 9.61. The Balaban J connectivity index is 2.47. The van der Waals surface area contributed by atoms with E-state index < -0.39 is 11.0 Å². The average Bonchev–Trinajstić information content (AvgIpc) is 2.92. The Hall–Kier alpha value is -1.84. The Morgan fingerprint density at radius 1 is 1.26 bits per heavy atom. The molecule has 2 unspecified atom stereocenters. The summed E-state index contributed by atoms with van der Waals surface area (Å²) in [5.41, 5.74) is -0.580. The smallest absolute Gasteiger partial charge is 0.317 e. The lowest BCUT2D eigenvalue weighted by atomic mass is 9.71. The molecule has 126 valence electrons. The lowest BCUT2D eigenvalue weighted by Crippen LogP contribution is -2.49. The van der Waals surface area contributed by atoms with Crippen molar-refractivity contribution in [3.8, 4) is 0 Å². The molecule has 1 amide bonds. The Labute approximate surface area is 138 Å². The molecule has 0 aromatic heterocycles. The topological polar surface area (TPSA) is 55.4 Å². The van der Waals surface area contributed by atoms with Crippen LogP contribution in [0, 0.1) is 5.92 Å². The molecule has 4 nitrogen and oxygen atoms in total. The highest BCUT2D eigenvalue weighted by atomic mass is 16.6. The van der Waals surface area contributed by atoms with Crippen molar-refractivity contribution in [3.05, 3.63) is 35.9 Å². The molecular formula is C19H27NO3. The zero-order chi connectivity index (χ0) is 17.1. The van der Waals surface area contributed by atoms with Crippen LogP contribution in [0.2, 0.25) is 0 Å². The van der Waals surface area contributed by atoms with Crippen molar-refractivity contribution in [2.75, 3.05) is 6.54 Å². The zero-order valence-electron chi connectivity index (χ0n) is 14.5. The van der Waals surface area contributed by atoms with Crippen molar-refractivity contribution in [1.29, 1.82) is 0 Å². The van der Waals surface area contributed by atoms with E-state index in [1.807, 2.05) is 58.0 Å².